The number of furan rings is 1. The number of benzene rings is 1. The number of nitrogens with zero attached hydrogens (tertiary/aromatic N) is 2. The van der Waals surface area contributed by atoms with E-state index in [0.717, 1.165) is 12.2 Å². The van der Waals surface area contributed by atoms with Gasteiger partial charge in [-0.3, -0.25) is 0 Å². The third-order valence-corrected chi connectivity index (χ3v) is 4.09. The first kappa shape index (κ1) is 13.6. The van der Waals surface area contributed by atoms with E-state index in [2.05, 4.69) is 28.5 Å². The van der Waals surface area contributed by atoms with Gasteiger partial charge in [0.15, 0.2) is 0 Å². The monoisotopic (exact) mass is 305 g/mol. The van der Waals surface area contributed by atoms with Crippen molar-refractivity contribution in [3.05, 3.63) is 71.6 Å². The van der Waals surface area contributed by atoms with Gasteiger partial charge in [0.25, 0.3) is 0 Å². The Labute approximate surface area is 133 Å². The zero-order valence-electron chi connectivity index (χ0n) is 12.4. The van der Waals surface area contributed by atoms with Gasteiger partial charge in [0.2, 0.25) is 17.5 Å². The first-order valence-corrected chi connectivity index (χ1v) is 7.57. The Hall–Kier alpha value is -3.00. The Kier molecular flexibility index (Phi) is 3.35. The number of nitrogens with one attached hydrogen (secondary N) is 1. The van der Waals surface area contributed by atoms with Crippen LogP contribution in [0.4, 0.5) is 5.88 Å². The van der Waals surface area contributed by atoms with Gasteiger partial charge < -0.3 is 14.2 Å². The molecule has 23 heavy (non-hydrogen) atoms. The van der Waals surface area contributed by atoms with Crippen LogP contribution in [0.5, 0.6) is 0 Å². The summed E-state index contributed by atoms with van der Waals surface area (Å²) in [4.78, 5) is 4.35. The van der Waals surface area contributed by atoms with Crippen LogP contribution in [0.15, 0.2) is 57.6 Å². The highest BCUT2D eigenvalue weighted by molar-refractivity contribution is 5.46. The van der Waals surface area contributed by atoms with Crippen LogP contribution in [0, 0.1) is 11.3 Å². The van der Waals surface area contributed by atoms with Crippen LogP contribution in [0.3, 0.4) is 0 Å². The molecular formula is C18H15N3O2. The van der Waals surface area contributed by atoms with Crippen molar-refractivity contribution in [2.24, 2.45) is 0 Å². The predicted molar refractivity (Wildman–Crippen MR) is 83.8 cm³/mol. The number of anilines is 1. The van der Waals surface area contributed by atoms with Crippen LogP contribution < -0.4 is 5.32 Å². The molecule has 0 spiro atoms. The van der Waals surface area contributed by atoms with Crippen LogP contribution in [-0.4, -0.2) is 4.98 Å². The van der Waals surface area contributed by atoms with Gasteiger partial charge in [-0.05, 0) is 30.0 Å². The second-order valence-corrected chi connectivity index (χ2v) is 5.63. The molecule has 0 unspecified atom stereocenters. The number of nitriles is 1. The van der Waals surface area contributed by atoms with Crippen molar-refractivity contribution in [1.82, 2.24) is 4.98 Å². The number of oxazole rings is 1. The van der Waals surface area contributed by atoms with Gasteiger partial charge in [-0.15, -0.1) is 0 Å². The third kappa shape index (κ3) is 2.71. The van der Waals surface area contributed by atoms with Gasteiger partial charge in [0.05, 0.1) is 12.8 Å². The summed E-state index contributed by atoms with van der Waals surface area (Å²) in [5.41, 5.74) is 1.59. The Balaban J connectivity index is 1.49. The van der Waals surface area contributed by atoms with E-state index in [0.29, 0.717) is 29.9 Å². The van der Waals surface area contributed by atoms with Crippen LogP contribution >= 0.6 is 0 Å². The lowest BCUT2D eigenvalue weighted by Crippen LogP contribution is -1.98. The Morgan fingerprint density at radius 1 is 1.17 bits per heavy atom. The van der Waals surface area contributed by atoms with Crippen molar-refractivity contribution in [2.75, 3.05) is 5.32 Å². The van der Waals surface area contributed by atoms with Crippen molar-refractivity contribution in [3.63, 3.8) is 0 Å². The zero-order valence-corrected chi connectivity index (χ0v) is 12.4. The molecule has 2 atom stereocenters. The highest BCUT2D eigenvalue weighted by atomic mass is 16.4. The summed E-state index contributed by atoms with van der Waals surface area (Å²) in [5.74, 6) is 2.51. The van der Waals surface area contributed by atoms with Gasteiger partial charge in [-0.2, -0.15) is 5.26 Å². The molecule has 1 N–H and O–H groups in total. The molecule has 0 amide bonds. The number of hydrogen-bond donors (Lipinski definition) is 1. The first-order chi connectivity index (χ1) is 11.3. The van der Waals surface area contributed by atoms with Crippen LogP contribution in [0.25, 0.3) is 0 Å². The quantitative estimate of drug-likeness (QED) is 0.770. The van der Waals surface area contributed by atoms with E-state index in [1.165, 1.54) is 5.56 Å². The molecule has 0 aliphatic heterocycles. The average molecular weight is 305 g/mol. The van der Waals surface area contributed by atoms with E-state index in [1.807, 2.05) is 30.3 Å². The van der Waals surface area contributed by atoms with Gasteiger partial charge in [-0.25, -0.2) is 4.98 Å². The van der Waals surface area contributed by atoms with Crippen LogP contribution in [0.1, 0.15) is 41.2 Å². The zero-order chi connectivity index (χ0) is 15.6. The summed E-state index contributed by atoms with van der Waals surface area (Å²) in [5, 5.41) is 12.3. The van der Waals surface area contributed by atoms with Crippen LogP contribution in [0.2, 0.25) is 0 Å². The molecular weight excluding hydrogens is 290 g/mol. The molecule has 5 heteroatoms. The number of hydrogen-bond acceptors (Lipinski definition) is 5. The highest BCUT2D eigenvalue weighted by Gasteiger charge is 2.43. The highest BCUT2D eigenvalue weighted by Crippen LogP contribution is 2.54. The Morgan fingerprint density at radius 3 is 2.78 bits per heavy atom. The smallest absolute Gasteiger partial charge is 0.232 e. The molecule has 0 radical (unpaired) electrons. The fourth-order valence-electron chi connectivity index (χ4n) is 2.81. The lowest BCUT2D eigenvalue weighted by atomic mass is 10.1. The van der Waals surface area contributed by atoms with Crippen molar-refractivity contribution < 1.29 is 8.83 Å². The van der Waals surface area contributed by atoms with Gasteiger partial charge in [0.1, 0.15) is 11.8 Å². The molecule has 1 fully saturated rings. The number of aromatic nitrogens is 1. The predicted octanol–water partition coefficient (Wildman–Crippen LogP) is 4.02. The molecule has 3 aromatic rings. The molecule has 1 saturated carbocycles. The Bertz CT molecular complexity index is 831. The maximum absolute atomic E-state index is 9.24. The van der Waals surface area contributed by atoms with E-state index >= 15 is 0 Å². The normalized spacial score (nSPS) is 19.3. The van der Waals surface area contributed by atoms with Crippen molar-refractivity contribution in [2.45, 2.75) is 24.8 Å². The maximum Gasteiger partial charge on any atom is 0.232 e. The largest absolute Gasteiger partial charge is 0.467 e. The summed E-state index contributed by atoms with van der Waals surface area (Å²) in [6.45, 7) is 0.461. The molecule has 1 aliphatic carbocycles. The fourth-order valence-corrected chi connectivity index (χ4v) is 2.81. The van der Waals surface area contributed by atoms with E-state index < -0.39 is 0 Å². The topological polar surface area (TPSA) is 75.0 Å². The summed E-state index contributed by atoms with van der Waals surface area (Å²) in [6, 6.07) is 16.1. The minimum Gasteiger partial charge on any atom is -0.467 e. The molecule has 1 aromatic carbocycles. The summed E-state index contributed by atoms with van der Waals surface area (Å²) < 4.78 is 11.1. The van der Waals surface area contributed by atoms with Crippen LogP contribution in [-0.2, 0) is 6.54 Å². The maximum atomic E-state index is 9.24. The van der Waals surface area contributed by atoms with E-state index in [-0.39, 0.29) is 5.92 Å². The molecule has 5 nitrogen and oxygen atoms in total. The second kappa shape index (κ2) is 5.65. The summed E-state index contributed by atoms with van der Waals surface area (Å²) in [6.07, 6.45) is 2.62. The molecule has 4 rings (SSSR count). The Morgan fingerprint density at radius 2 is 2.04 bits per heavy atom. The van der Waals surface area contributed by atoms with E-state index in [9.17, 15) is 5.26 Å². The molecule has 2 heterocycles. The first-order valence-electron chi connectivity index (χ1n) is 7.57. The van der Waals surface area contributed by atoms with Gasteiger partial charge in [0, 0.05) is 5.92 Å². The van der Waals surface area contributed by atoms with E-state index in [4.69, 9.17) is 8.83 Å². The third-order valence-electron chi connectivity index (χ3n) is 4.09. The molecule has 2 aromatic heterocycles. The molecule has 0 saturated heterocycles. The number of rotatable bonds is 5. The van der Waals surface area contributed by atoms with Gasteiger partial charge >= 0.3 is 0 Å². The minimum absolute atomic E-state index is 0.253. The lowest BCUT2D eigenvalue weighted by molar-refractivity contribution is 0.492. The molecule has 114 valence electrons. The van der Waals surface area contributed by atoms with Gasteiger partial charge in [-0.1, -0.05) is 30.3 Å². The van der Waals surface area contributed by atoms with Crippen molar-refractivity contribution >= 4 is 5.88 Å². The van der Waals surface area contributed by atoms with E-state index in [1.54, 1.807) is 6.26 Å². The standard InChI is InChI=1S/C18H15N3O2/c19-10-16-18(20-11-13-7-4-8-22-13)23-17(21-16)15-9-14(15)12-5-2-1-3-6-12/h1-8,14-15,20H,9,11H2/t14-,15+/m0/s1. The van der Waals surface area contributed by atoms with Crippen molar-refractivity contribution in [1.29, 1.82) is 5.26 Å². The lowest BCUT2D eigenvalue weighted by Gasteiger charge is -1.99. The minimum atomic E-state index is 0.253. The molecule has 1 aliphatic rings. The van der Waals surface area contributed by atoms with Crippen molar-refractivity contribution in [3.8, 4) is 6.07 Å². The average Bonchev–Trinajstić information content (AvgIpc) is 3.04. The fraction of sp³-hybridized carbons (Fsp3) is 0.222. The summed E-state index contributed by atoms with van der Waals surface area (Å²) >= 11 is 0. The summed E-state index contributed by atoms with van der Waals surface area (Å²) in [7, 11) is 0. The second-order valence-electron chi connectivity index (χ2n) is 5.63. The molecule has 0 bridgehead atoms. The SMILES string of the molecule is N#Cc1nc([C@@H]2C[C@H]2c2ccccc2)oc1NCc1ccco1.